The molecule has 5 nitrogen and oxygen atoms in total. The van der Waals surface area contributed by atoms with Crippen molar-refractivity contribution in [3.63, 3.8) is 0 Å². The molecule has 2 fully saturated rings. The summed E-state index contributed by atoms with van der Waals surface area (Å²) in [5.41, 5.74) is 0.294. The number of rotatable bonds is 8. The lowest BCUT2D eigenvalue weighted by Gasteiger charge is -2.54. The van der Waals surface area contributed by atoms with E-state index in [1.54, 1.807) is 7.11 Å². The second kappa shape index (κ2) is 7.38. The second-order valence-corrected chi connectivity index (χ2v) is 5.90. The monoisotopic (exact) mass is 284 g/mol. The van der Waals surface area contributed by atoms with E-state index in [4.69, 9.17) is 9.47 Å². The third-order valence-corrected chi connectivity index (χ3v) is 4.82. The lowest BCUT2D eigenvalue weighted by Crippen LogP contribution is -2.63. The molecule has 0 aromatic carbocycles. The van der Waals surface area contributed by atoms with E-state index in [1.165, 1.54) is 25.7 Å². The molecule has 2 rings (SSSR count). The number of hydrogen-bond acceptors (Lipinski definition) is 4. The van der Waals surface area contributed by atoms with E-state index < -0.39 is 0 Å². The Hall–Kier alpha value is -0.650. The smallest absolute Gasteiger partial charge is 0.234 e. The molecule has 5 heteroatoms. The van der Waals surface area contributed by atoms with Crippen molar-refractivity contribution < 1.29 is 14.3 Å². The Kier molecular flexibility index (Phi) is 5.81. The number of nitrogens with one attached hydrogen (secondary N) is 2. The largest absolute Gasteiger partial charge is 0.383 e. The molecule has 1 amide bonds. The molecule has 2 aliphatic carbocycles. The van der Waals surface area contributed by atoms with Gasteiger partial charge in [0.05, 0.1) is 19.3 Å². The maximum Gasteiger partial charge on any atom is 0.234 e. The van der Waals surface area contributed by atoms with Gasteiger partial charge in [0.2, 0.25) is 5.91 Å². The van der Waals surface area contributed by atoms with Crippen LogP contribution in [0.4, 0.5) is 0 Å². The molecule has 116 valence electrons. The minimum Gasteiger partial charge on any atom is -0.383 e. The van der Waals surface area contributed by atoms with Crippen LogP contribution in [0.15, 0.2) is 0 Å². The Morgan fingerprint density at radius 2 is 2.10 bits per heavy atom. The van der Waals surface area contributed by atoms with Gasteiger partial charge in [0.1, 0.15) is 0 Å². The van der Waals surface area contributed by atoms with E-state index in [9.17, 15) is 4.79 Å². The molecule has 0 saturated heterocycles. The van der Waals surface area contributed by atoms with Gasteiger partial charge in [0.15, 0.2) is 0 Å². The molecule has 0 heterocycles. The maximum absolute atomic E-state index is 11.7. The van der Waals surface area contributed by atoms with Crippen molar-refractivity contribution >= 4 is 5.91 Å². The fraction of sp³-hybridized carbons (Fsp3) is 0.933. The van der Waals surface area contributed by atoms with E-state index in [0.29, 0.717) is 37.3 Å². The van der Waals surface area contributed by atoms with Crippen molar-refractivity contribution in [1.82, 2.24) is 10.6 Å². The number of hydrogen-bond donors (Lipinski definition) is 2. The van der Waals surface area contributed by atoms with Gasteiger partial charge in [-0.3, -0.25) is 4.79 Å². The van der Waals surface area contributed by atoms with Crippen LogP contribution >= 0.6 is 0 Å². The molecule has 2 N–H and O–H groups in total. The van der Waals surface area contributed by atoms with Crippen LogP contribution in [0.2, 0.25) is 0 Å². The highest BCUT2D eigenvalue weighted by molar-refractivity contribution is 5.78. The molecule has 2 atom stereocenters. The summed E-state index contributed by atoms with van der Waals surface area (Å²) in [4.78, 5) is 11.7. The number of ether oxygens (including phenoxy) is 2. The van der Waals surface area contributed by atoms with Crippen molar-refractivity contribution in [2.45, 2.75) is 51.2 Å². The number of carbonyl (C=O) groups is 1. The van der Waals surface area contributed by atoms with Crippen molar-refractivity contribution in [2.24, 2.45) is 5.41 Å². The van der Waals surface area contributed by atoms with Gasteiger partial charge in [0.25, 0.3) is 0 Å². The zero-order valence-electron chi connectivity index (χ0n) is 12.7. The van der Waals surface area contributed by atoms with E-state index in [2.05, 4.69) is 17.6 Å². The Labute approximate surface area is 121 Å². The predicted molar refractivity (Wildman–Crippen MR) is 77.6 cm³/mol. The van der Waals surface area contributed by atoms with Gasteiger partial charge < -0.3 is 20.1 Å². The first-order chi connectivity index (χ1) is 9.73. The average molecular weight is 284 g/mol. The molecular formula is C15H28N2O3. The van der Waals surface area contributed by atoms with Gasteiger partial charge in [0, 0.05) is 31.7 Å². The Bertz CT molecular complexity index is 316. The third-order valence-electron chi connectivity index (χ3n) is 4.82. The van der Waals surface area contributed by atoms with Crippen LogP contribution < -0.4 is 10.6 Å². The quantitative estimate of drug-likeness (QED) is 0.655. The first kappa shape index (κ1) is 15.7. The van der Waals surface area contributed by atoms with Crippen LogP contribution in [0.3, 0.4) is 0 Å². The lowest BCUT2D eigenvalue weighted by atomic mass is 9.60. The van der Waals surface area contributed by atoms with Crippen LogP contribution in [-0.2, 0) is 14.3 Å². The molecule has 0 bridgehead atoms. The minimum atomic E-state index is 0.0510. The summed E-state index contributed by atoms with van der Waals surface area (Å²) in [6.45, 7) is 4.39. The van der Waals surface area contributed by atoms with Gasteiger partial charge in [-0.25, -0.2) is 0 Å². The van der Waals surface area contributed by atoms with Crippen molar-refractivity contribution in [3.05, 3.63) is 0 Å². The van der Waals surface area contributed by atoms with Gasteiger partial charge >= 0.3 is 0 Å². The molecule has 2 unspecified atom stereocenters. The van der Waals surface area contributed by atoms with Crippen LogP contribution in [0.1, 0.15) is 39.0 Å². The summed E-state index contributed by atoms with van der Waals surface area (Å²) in [7, 11) is 1.64. The summed E-state index contributed by atoms with van der Waals surface area (Å²) in [5.74, 6) is 0.0510. The molecular weight excluding hydrogens is 256 g/mol. The topological polar surface area (TPSA) is 59.6 Å². The first-order valence-corrected chi connectivity index (χ1v) is 7.83. The van der Waals surface area contributed by atoms with Crippen LogP contribution in [0, 0.1) is 5.41 Å². The standard InChI is InChI=1S/C15H28N2O3/c1-3-20-13-10-12(15(13)6-4-5-7-15)17-11-14(18)16-8-9-19-2/h12-13,17H,3-11H2,1-2H3,(H,16,18). The average Bonchev–Trinajstić information content (AvgIpc) is 2.94. The van der Waals surface area contributed by atoms with Gasteiger partial charge in [-0.1, -0.05) is 12.8 Å². The molecule has 0 aromatic heterocycles. The SMILES string of the molecule is CCOC1CC(NCC(=O)NCCOC)C12CCCC2. The lowest BCUT2D eigenvalue weighted by molar-refractivity contribution is -0.134. The highest BCUT2D eigenvalue weighted by Crippen LogP contribution is 2.54. The second-order valence-electron chi connectivity index (χ2n) is 5.90. The molecule has 1 spiro atoms. The molecule has 20 heavy (non-hydrogen) atoms. The number of carbonyl (C=O) groups excluding carboxylic acids is 1. The molecule has 0 radical (unpaired) electrons. The zero-order valence-corrected chi connectivity index (χ0v) is 12.7. The number of amides is 1. The van der Waals surface area contributed by atoms with Crippen LogP contribution in [0.5, 0.6) is 0 Å². The summed E-state index contributed by atoms with van der Waals surface area (Å²) < 4.78 is 10.8. The van der Waals surface area contributed by atoms with Crippen LogP contribution in [-0.4, -0.2) is 51.5 Å². The minimum absolute atomic E-state index is 0.0510. The highest BCUT2D eigenvalue weighted by Gasteiger charge is 2.56. The number of methoxy groups -OCH3 is 1. The maximum atomic E-state index is 11.7. The van der Waals surface area contributed by atoms with Crippen molar-refractivity contribution in [3.8, 4) is 0 Å². The summed E-state index contributed by atoms with van der Waals surface area (Å²) in [6.07, 6.45) is 6.49. The zero-order chi connectivity index (χ0) is 14.4. The third kappa shape index (κ3) is 3.32. The van der Waals surface area contributed by atoms with E-state index in [1.807, 2.05) is 0 Å². The summed E-state index contributed by atoms with van der Waals surface area (Å²) >= 11 is 0. The predicted octanol–water partition coefficient (Wildman–Crippen LogP) is 1.08. The van der Waals surface area contributed by atoms with Crippen LogP contribution in [0.25, 0.3) is 0 Å². The Morgan fingerprint density at radius 1 is 1.35 bits per heavy atom. The first-order valence-electron chi connectivity index (χ1n) is 7.83. The molecule has 0 aromatic rings. The molecule has 2 saturated carbocycles. The fourth-order valence-electron chi connectivity index (χ4n) is 3.74. The van der Waals surface area contributed by atoms with Gasteiger partial charge in [-0.15, -0.1) is 0 Å². The fourth-order valence-corrected chi connectivity index (χ4v) is 3.74. The summed E-state index contributed by atoms with van der Waals surface area (Å²) in [5, 5.41) is 6.28. The molecule has 0 aliphatic heterocycles. The molecule has 2 aliphatic rings. The van der Waals surface area contributed by atoms with Gasteiger partial charge in [-0.05, 0) is 26.2 Å². The van der Waals surface area contributed by atoms with E-state index >= 15 is 0 Å². The van der Waals surface area contributed by atoms with E-state index in [-0.39, 0.29) is 5.91 Å². The van der Waals surface area contributed by atoms with Gasteiger partial charge in [-0.2, -0.15) is 0 Å². The van der Waals surface area contributed by atoms with E-state index in [0.717, 1.165) is 13.0 Å². The Balaban J connectivity index is 1.74. The Morgan fingerprint density at radius 3 is 2.75 bits per heavy atom. The highest BCUT2D eigenvalue weighted by atomic mass is 16.5. The van der Waals surface area contributed by atoms with Crippen molar-refractivity contribution in [2.75, 3.05) is 33.4 Å². The van der Waals surface area contributed by atoms with Crippen molar-refractivity contribution in [1.29, 1.82) is 0 Å². The summed E-state index contributed by atoms with van der Waals surface area (Å²) in [6, 6.07) is 0.440. The normalized spacial score (nSPS) is 27.5.